The Hall–Kier alpha value is -0.120. The van der Waals surface area contributed by atoms with E-state index in [0.717, 1.165) is 13.0 Å². The lowest BCUT2D eigenvalue weighted by atomic mass is 10.0. The molecule has 3 nitrogen and oxygen atoms in total. The first-order chi connectivity index (χ1) is 11.3. The number of nitrogens with two attached hydrogens (primary N) is 1. The van der Waals surface area contributed by atoms with Gasteiger partial charge in [0.15, 0.2) is 0 Å². The summed E-state index contributed by atoms with van der Waals surface area (Å²) in [5.74, 6) is 0. The van der Waals surface area contributed by atoms with Gasteiger partial charge in [0.2, 0.25) is 0 Å². The zero-order valence-corrected chi connectivity index (χ0v) is 15.6. The van der Waals surface area contributed by atoms with Crippen molar-refractivity contribution in [3.8, 4) is 0 Å². The third-order valence-corrected chi connectivity index (χ3v) is 5.34. The third-order valence-electron chi connectivity index (χ3n) is 5.34. The van der Waals surface area contributed by atoms with Crippen molar-refractivity contribution in [2.75, 3.05) is 6.54 Å². The van der Waals surface area contributed by atoms with Gasteiger partial charge >= 0.3 is 0 Å². The normalized spacial score (nSPS) is 24.4. The Morgan fingerprint density at radius 1 is 0.783 bits per heavy atom. The Kier molecular flexibility index (Phi) is 13.0. The second-order valence-corrected chi connectivity index (χ2v) is 7.55. The van der Waals surface area contributed by atoms with Crippen LogP contribution in [0.4, 0.5) is 0 Å². The molecule has 1 fully saturated rings. The molecule has 0 saturated carbocycles. The predicted octanol–water partition coefficient (Wildman–Crippen LogP) is 4.52. The molecule has 1 saturated heterocycles. The maximum Gasteiger partial charge on any atom is 0.0856 e. The number of unbranched alkanes of at least 4 members (excludes halogenated alkanes) is 13. The van der Waals surface area contributed by atoms with E-state index in [0.29, 0.717) is 0 Å². The van der Waals surface area contributed by atoms with Crippen LogP contribution in [-0.2, 0) is 0 Å². The summed E-state index contributed by atoms with van der Waals surface area (Å²) < 4.78 is 0. The minimum atomic E-state index is -0.336. The fraction of sp³-hybridized carbons (Fsp3) is 1.00. The van der Waals surface area contributed by atoms with Gasteiger partial charge in [-0.05, 0) is 6.42 Å². The van der Waals surface area contributed by atoms with Crippen LogP contribution < -0.4 is 11.1 Å². The molecule has 0 bridgehead atoms. The number of hydrogen-bond acceptors (Lipinski definition) is 3. The molecule has 0 spiro atoms. The van der Waals surface area contributed by atoms with Crippen LogP contribution in [0.3, 0.4) is 0 Å². The van der Waals surface area contributed by atoms with Crippen LogP contribution in [0.5, 0.6) is 0 Å². The van der Waals surface area contributed by atoms with Gasteiger partial charge in [0.25, 0.3) is 0 Å². The second kappa shape index (κ2) is 14.2. The molecule has 138 valence electrons. The van der Waals surface area contributed by atoms with E-state index in [1.165, 1.54) is 89.9 Å². The van der Waals surface area contributed by atoms with Gasteiger partial charge in [-0.2, -0.15) is 0 Å². The van der Waals surface area contributed by atoms with E-state index < -0.39 is 0 Å². The van der Waals surface area contributed by atoms with Crippen LogP contribution in [0.15, 0.2) is 0 Å². The summed E-state index contributed by atoms with van der Waals surface area (Å²) in [5.41, 5.74) is 5.81. The first kappa shape index (κ1) is 20.9. The first-order valence-corrected chi connectivity index (χ1v) is 10.4. The summed E-state index contributed by atoms with van der Waals surface area (Å²) in [6, 6.07) is 0.175. The van der Waals surface area contributed by atoms with E-state index in [-0.39, 0.29) is 18.2 Å². The largest absolute Gasteiger partial charge is 0.390 e. The number of rotatable bonds is 15. The van der Waals surface area contributed by atoms with Crippen molar-refractivity contribution in [1.82, 2.24) is 5.32 Å². The molecule has 4 N–H and O–H groups in total. The molecule has 1 rings (SSSR count). The third kappa shape index (κ3) is 10.4. The molecule has 0 aromatic heterocycles. The van der Waals surface area contributed by atoms with Crippen molar-refractivity contribution in [2.24, 2.45) is 5.73 Å². The molecule has 0 amide bonds. The highest BCUT2D eigenvalue weighted by Gasteiger charge is 2.30. The summed E-state index contributed by atoms with van der Waals surface area (Å²) in [6.07, 6.45) is 20.3. The van der Waals surface area contributed by atoms with Gasteiger partial charge in [-0.15, -0.1) is 0 Å². The number of hydrogen-bond donors (Lipinski definition) is 3. The SMILES string of the molecule is CCCCCCCCCCCCCCCC[C@H]1NC[C@H](N)[C@@H]1O. The van der Waals surface area contributed by atoms with Crippen LogP contribution in [-0.4, -0.2) is 29.8 Å². The Balaban J connectivity index is 1.73. The molecular weight excluding hydrogens is 284 g/mol. The fourth-order valence-corrected chi connectivity index (χ4v) is 3.66. The summed E-state index contributed by atoms with van der Waals surface area (Å²) in [5, 5.41) is 13.2. The molecule has 1 aliphatic heterocycles. The van der Waals surface area contributed by atoms with E-state index in [9.17, 15) is 5.11 Å². The number of nitrogens with one attached hydrogen (secondary N) is 1. The van der Waals surface area contributed by atoms with Gasteiger partial charge in [-0.1, -0.05) is 96.8 Å². The highest BCUT2D eigenvalue weighted by Crippen LogP contribution is 2.16. The zero-order chi connectivity index (χ0) is 16.8. The van der Waals surface area contributed by atoms with E-state index in [1.54, 1.807) is 0 Å². The van der Waals surface area contributed by atoms with Crippen molar-refractivity contribution in [3.63, 3.8) is 0 Å². The van der Waals surface area contributed by atoms with Gasteiger partial charge in [-0.3, -0.25) is 0 Å². The molecule has 0 aromatic rings. The predicted molar refractivity (Wildman–Crippen MR) is 101 cm³/mol. The minimum absolute atomic E-state index is 0.0633. The van der Waals surface area contributed by atoms with Crippen molar-refractivity contribution in [1.29, 1.82) is 0 Å². The standard InChI is InChI=1S/C20H42N2O/c1-2-3-4-5-6-7-8-9-10-11-12-13-14-15-16-19-20(23)18(21)17-22-19/h18-20,22-23H,2-17,21H2,1H3/t18-,19+,20-/m0/s1. The first-order valence-electron chi connectivity index (χ1n) is 10.4. The minimum Gasteiger partial charge on any atom is -0.390 e. The summed E-state index contributed by atoms with van der Waals surface area (Å²) in [7, 11) is 0. The molecule has 23 heavy (non-hydrogen) atoms. The van der Waals surface area contributed by atoms with Gasteiger partial charge in [0.05, 0.1) is 6.10 Å². The molecule has 1 heterocycles. The quantitative estimate of drug-likeness (QED) is 0.388. The highest BCUT2D eigenvalue weighted by molar-refractivity contribution is 4.92. The fourth-order valence-electron chi connectivity index (χ4n) is 3.66. The second-order valence-electron chi connectivity index (χ2n) is 7.55. The van der Waals surface area contributed by atoms with Crippen LogP contribution in [0, 0.1) is 0 Å². The molecule has 3 atom stereocenters. The summed E-state index contributed by atoms with van der Waals surface area (Å²) in [4.78, 5) is 0. The molecular formula is C20H42N2O. The average molecular weight is 327 g/mol. The van der Waals surface area contributed by atoms with E-state index >= 15 is 0 Å². The molecule has 0 radical (unpaired) electrons. The van der Waals surface area contributed by atoms with Crippen LogP contribution in [0.1, 0.15) is 103 Å². The Labute approximate surface area is 144 Å². The summed E-state index contributed by atoms with van der Waals surface area (Å²) in [6.45, 7) is 3.05. The Bertz CT molecular complexity index is 260. The molecule has 0 unspecified atom stereocenters. The van der Waals surface area contributed by atoms with E-state index in [2.05, 4.69) is 12.2 Å². The number of aliphatic hydroxyl groups excluding tert-OH is 1. The van der Waals surface area contributed by atoms with E-state index in [1.807, 2.05) is 0 Å². The zero-order valence-electron chi connectivity index (χ0n) is 15.6. The smallest absolute Gasteiger partial charge is 0.0856 e. The van der Waals surface area contributed by atoms with Crippen molar-refractivity contribution < 1.29 is 5.11 Å². The maximum atomic E-state index is 9.87. The Morgan fingerprint density at radius 2 is 1.22 bits per heavy atom. The van der Waals surface area contributed by atoms with E-state index in [4.69, 9.17) is 5.73 Å². The van der Waals surface area contributed by atoms with Crippen molar-refractivity contribution >= 4 is 0 Å². The number of aliphatic hydroxyl groups is 1. The molecule has 0 aliphatic carbocycles. The Morgan fingerprint density at radius 3 is 1.61 bits per heavy atom. The monoisotopic (exact) mass is 326 g/mol. The lowest BCUT2D eigenvalue weighted by molar-refractivity contribution is 0.139. The van der Waals surface area contributed by atoms with Gasteiger partial charge in [0.1, 0.15) is 0 Å². The topological polar surface area (TPSA) is 58.3 Å². The van der Waals surface area contributed by atoms with Crippen molar-refractivity contribution in [2.45, 2.75) is 121 Å². The molecule has 0 aromatic carbocycles. The van der Waals surface area contributed by atoms with Crippen molar-refractivity contribution in [3.05, 3.63) is 0 Å². The van der Waals surface area contributed by atoms with Crippen LogP contribution in [0.2, 0.25) is 0 Å². The average Bonchev–Trinajstić information content (AvgIpc) is 2.87. The van der Waals surface area contributed by atoms with Gasteiger partial charge < -0.3 is 16.2 Å². The molecule has 3 heteroatoms. The lowest BCUT2D eigenvalue weighted by Crippen LogP contribution is -2.37. The van der Waals surface area contributed by atoms with Crippen LogP contribution >= 0.6 is 0 Å². The van der Waals surface area contributed by atoms with Gasteiger partial charge in [-0.25, -0.2) is 0 Å². The summed E-state index contributed by atoms with van der Waals surface area (Å²) >= 11 is 0. The lowest BCUT2D eigenvalue weighted by Gasteiger charge is -2.16. The maximum absolute atomic E-state index is 9.87. The van der Waals surface area contributed by atoms with Gasteiger partial charge in [0, 0.05) is 18.6 Å². The highest BCUT2D eigenvalue weighted by atomic mass is 16.3. The molecule has 1 aliphatic rings. The van der Waals surface area contributed by atoms with Crippen LogP contribution in [0.25, 0.3) is 0 Å².